The van der Waals surface area contributed by atoms with Gasteiger partial charge in [-0.05, 0) is 50.4 Å². The first-order valence-corrected chi connectivity index (χ1v) is 10.0. The lowest BCUT2D eigenvalue weighted by atomic mass is 9.85. The Bertz CT molecular complexity index is 734. The molecule has 1 heterocycles. The quantitative estimate of drug-likeness (QED) is 0.531. The molecular formula is C21H29N3O4. The highest BCUT2D eigenvalue weighted by molar-refractivity contribution is 6.44. The Morgan fingerprint density at radius 3 is 2.39 bits per heavy atom. The van der Waals surface area contributed by atoms with Crippen LogP contribution in [-0.2, 0) is 16.1 Å². The SMILES string of the molecule is CCOc1ccc(CN(C)CN2C(=O)C(=O)N(C3CCCCC3C)C2=O)cc1. The smallest absolute Gasteiger partial charge is 0.335 e. The summed E-state index contributed by atoms with van der Waals surface area (Å²) >= 11 is 0. The number of nitrogens with zero attached hydrogens (tertiary/aromatic N) is 3. The maximum atomic E-state index is 12.8. The van der Waals surface area contributed by atoms with Gasteiger partial charge in [0.1, 0.15) is 5.75 Å². The van der Waals surface area contributed by atoms with Gasteiger partial charge in [0.2, 0.25) is 0 Å². The predicted molar refractivity (Wildman–Crippen MR) is 104 cm³/mol. The Labute approximate surface area is 166 Å². The number of carbonyl (C=O) groups is 3. The summed E-state index contributed by atoms with van der Waals surface area (Å²) in [4.78, 5) is 41.9. The van der Waals surface area contributed by atoms with E-state index in [4.69, 9.17) is 4.74 Å². The average molecular weight is 387 g/mol. The van der Waals surface area contributed by atoms with Crippen molar-refractivity contribution < 1.29 is 19.1 Å². The van der Waals surface area contributed by atoms with Gasteiger partial charge in [-0.25, -0.2) is 9.69 Å². The molecule has 7 heteroatoms. The Kier molecular flexibility index (Phi) is 6.34. The van der Waals surface area contributed by atoms with E-state index in [1.54, 1.807) is 0 Å². The number of amides is 4. The van der Waals surface area contributed by atoms with Crippen LogP contribution in [-0.4, -0.2) is 58.9 Å². The Balaban J connectivity index is 1.63. The number of carbonyl (C=O) groups excluding carboxylic acids is 3. The number of imide groups is 2. The average Bonchev–Trinajstić information content (AvgIpc) is 2.88. The summed E-state index contributed by atoms with van der Waals surface area (Å²) in [7, 11) is 1.83. The van der Waals surface area contributed by atoms with Crippen molar-refractivity contribution in [1.82, 2.24) is 14.7 Å². The van der Waals surface area contributed by atoms with Gasteiger partial charge < -0.3 is 4.74 Å². The molecule has 0 bridgehead atoms. The van der Waals surface area contributed by atoms with E-state index in [-0.39, 0.29) is 18.6 Å². The van der Waals surface area contributed by atoms with Crippen molar-refractivity contribution in [2.45, 2.75) is 52.1 Å². The van der Waals surface area contributed by atoms with Crippen LogP contribution in [0.4, 0.5) is 4.79 Å². The number of urea groups is 1. The largest absolute Gasteiger partial charge is 0.494 e. The summed E-state index contributed by atoms with van der Waals surface area (Å²) in [6, 6.07) is 7.06. The lowest BCUT2D eigenvalue weighted by Gasteiger charge is -2.34. The highest BCUT2D eigenvalue weighted by atomic mass is 16.5. The lowest BCUT2D eigenvalue weighted by molar-refractivity contribution is -0.145. The molecule has 0 N–H and O–H groups in total. The van der Waals surface area contributed by atoms with Crippen LogP contribution in [0.25, 0.3) is 0 Å². The second-order valence-corrected chi connectivity index (χ2v) is 7.75. The minimum atomic E-state index is -0.721. The number of ether oxygens (including phenoxy) is 1. The van der Waals surface area contributed by atoms with Gasteiger partial charge in [-0.1, -0.05) is 31.9 Å². The second kappa shape index (κ2) is 8.73. The molecule has 4 amide bonds. The van der Waals surface area contributed by atoms with Gasteiger partial charge >= 0.3 is 17.8 Å². The molecule has 1 aliphatic carbocycles. The molecule has 2 fully saturated rings. The summed E-state index contributed by atoms with van der Waals surface area (Å²) in [5, 5.41) is 0. The van der Waals surface area contributed by atoms with Crippen LogP contribution in [0, 0.1) is 5.92 Å². The maximum Gasteiger partial charge on any atom is 0.335 e. The lowest BCUT2D eigenvalue weighted by Crippen LogP contribution is -2.46. The summed E-state index contributed by atoms with van der Waals surface area (Å²) in [5.74, 6) is -0.364. The van der Waals surface area contributed by atoms with E-state index in [0.29, 0.717) is 13.2 Å². The minimum absolute atomic E-state index is 0.0915. The summed E-state index contributed by atoms with van der Waals surface area (Å²) < 4.78 is 5.44. The number of hydrogen-bond acceptors (Lipinski definition) is 5. The zero-order chi connectivity index (χ0) is 20.3. The fourth-order valence-electron chi connectivity index (χ4n) is 4.08. The topological polar surface area (TPSA) is 70.2 Å². The van der Waals surface area contributed by atoms with Gasteiger partial charge in [0.25, 0.3) is 0 Å². The molecule has 1 saturated heterocycles. The van der Waals surface area contributed by atoms with Crippen LogP contribution in [0.2, 0.25) is 0 Å². The molecule has 0 radical (unpaired) electrons. The van der Waals surface area contributed by atoms with E-state index < -0.39 is 17.8 Å². The van der Waals surface area contributed by atoms with Crippen LogP contribution in [0.15, 0.2) is 24.3 Å². The maximum absolute atomic E-state index is 12.8. The van der Waals surface area contributed by atoms with Gasteiger partial charge in [0.15, 0.2) is 0 Å². The van der Waals surface area contributed by atoms with Crippen LogP contribution < -0.4 is 4.74 Å². The van der Waals surface area contributed by atoms with E-state index in [1.165, 1.54) is 4.90 Å². The molecule has 1 saturated carbocycles. The van der Waals surface area contributed by atoms with Gasteiger partial charge in [-0.2, -0.15) is 0 Å². The molecule has 0 spiro atoms. The van der Waals surface area contributed by atoms with Gasteiger partial charge in [-0.3, -0.25) is 19.4 Å². The number of hydrogen-bond donors (Lipinski definition) is 0. The van der Waals surface area contributed by atoms with E-state index >= 15 is 0 Å². The minimum Gasteiger partial charge on any atom is -0.494 e. The van der Waals surface area contributed by atoms with Crippen molar-refractivity contribution >= 4 is 17.8 Å². The van der Waals surface area contributed by atoms with Gasteiger partial charge in [0.05, 0.1) is 13.3 Å². The normalized spacial score (nSPS) is 23.1. The van der Waals surface area contributed by atoms with E-state index in [2.05, 4.69) is 6.92 Å². The van der Waals surface area contributed by atoms with Crippen molar-refractivity contribution in [1.29, 1.82) is 0 Å². The molecule has 0 aromatic heterocycles. The highest BCUT2D eigenvalue weighted by Gasteiger charge is 2.49. The Morgan fingerprint density at radius 2 is 1.75 bits per heavy atom. The third kappa shape index (κ3) is 4.19. The fraction of sp³-hybridized carbons (Fsp3) is 0.571. The third-order valence-electron chi connectivity index (χ3n) is 5.55. The summed E-state index contributed by atoms with van der Waals surface area (Å²) in [5.41, 5.74) is 1.04. The molecular weight excluding hydrogens is 358 g/mol. The number of benzene rings is 1. The van der Waals surface area contributed by atoms with Gasteiger partial charge in [-0.15, -0.1) is 0 Å². The van der Waals surface area contributed by atoms with E-state index in [9.17, 15) is 14.4 Å². The first-order chi connectivity index (χ1) is 13.4. The number of rotatable bonds is 7. The zero-order valence-electron chi connectivity index (χ0n) is 16.9. The Morgan fingerprint density at radius 1 is 1.07 bits per heavy atom. The summed E-state index contributed by atoms with van der Waals surface area (Å²) in [6.45, 7) is 5.24. The molecule has 7 nitrogen and oxygen atoms in total. The van der Waals surface area contributed by atoms with Crippen LogP contribution >= 0.6 is 0 Å². The van der Waals surface area contributed by atoms with Crippen LogP contribution in [0.3, 0.4) is 0 Å². The molecule has 1 aliphatic heterocycles. The summed E-state index contributed by atoms with van der Waals surface area (Å²) in [6.07, 6.45) is 3.85. The van der Waals surface area contributed by atoms with Crippen LogP contribution in [0.1, 0.15) is 45.1 Å². The fourth-order valence-corrected chi connectivity index (χ4v) is 4.08. The van der Waals surface area contributed by atoms with Crippen LogP contribution in [0.5, 0.6) is 5.75 Å². The van der Waals surface area contributed by atoms with Crippen molar-refractivity contribution in [3.63, 3.8) is 0 Å². The molecule has 152 valence electrons. The predicted octanol–water partition coefficient (Wildman–Crippen LogP) is 2.84. The molecule has 28 heavy (non-hydrogen) atoms. The van der Waals surface area contributed by atoms with Crippen molar-refractivity contribution in [3.05, 3.63) is 29.8 Å². The molecule has 2 aliphatic rings. The molecule has 1 aromatic rings. The van der Waals surface area contributed by atoms with Crippen molar-refractivity contribution in [3.8, 4) is 5.75 Å². The van der Waals surface area contributed by atoms with E-state index in [1.807, 2.05) is 43.1 Å². The Hall–Kier alpha value is -2.41. The molecule has 2 unspecified atom stereocenters. The molecule has 2 atom stereocenters. The first-order valence-electron chi connectivity index (χ1n) is 10.0. The molecule has 3 rings (SSSR count). The standard InChI is InChI=1S/C21H29N3O4/c1-4-28-17-11-9-16(10-12-17)13-22(3)14-23-19(25)20(26)24(21(23)27)18-8-6-5-7-15(18)2/h9-12,15,18H,4-8,13-14H2,1-3H3. The third-order valence-corrected chi connectivity index (χ3v) is 5.55. The first kappa shape index (κ1) is 20.3. The van der Waals surface area contributed by atoms with E-state index in [0.717, 1.165) is 41.9 Å². The second-order valence-electron chi connectivity index (χ2n) is 7.75. The highest BCUT2D eigenvalue weighted by Crippen LogP contribution is 2.31. The monoisotopic (exact) mass is 387 g/mol. The van der Waals surface area contributed by atoms with Gasteiger partial charge in [0, 0.05) is 12.6 Å². The zero-order valence-corrected chi connectivity index (χ0v) is 16.9. The van der Waals surface area contributed by atoms with Crippen molar-refractivity contribution in [2.24, 2.45) is 5.92 Å². The van der Waals surface area contributed by atoms with Crippen molar-refractivity contribution in [2.75, 3.05) is 20.3 Å². The molecule has 1 aromatic carbocycles.